The number of aromatic nitrogens is 1. The fraction of sp³-hybridized carbons (Fsp3) is 0.526. The Hall–Kier alpha value is -1.82. The lowest BCUT2D eigenvalue weighted by Crippen LogP contribution is -2.53. The molecule has 3 nitrogen and oxygen atoms in total. The maximum atomic E-state index is 12.9. The molecule has 1 N–H and O–H groups in total. The van der Waals surface area contributed by atoms with Crippen LogP contribution in [-0.4, -0.2) is 35.1 Å². The zero-order chi connectivity index (χ0) is 17.4. The lowest BCUT2D eigenvalue weighted by molar-refractivity contribution is -0.137. The van der Waals surface area contributed by atoms with E-state index in [9.17, 15) is 13.2 Å². The molecule has 0 amide bonds. The van der Waals surface area contributed by atoms with Crippen molar-refractivity contribution in [3.8, 4) is 0 Å². The largest absolute Gasteiger partial charge is 0.416 e. The van der Waals surface area contributed by atoms with Crippen LogP contribution in [-0.2, 0) is 6.18 Å². The molecule has 25 heavy (non-hydrogen) atoms. The number of rotatable bonds is 2. The van der Waals surface area contributed by atoms with Crippen molar-refractivity contribution in [1.82, 2.24) is 9.88 Å². The van der Waals surface area contributed by atoms with Crippen LogP contribution in [0.3, 0.4) is 0 Å². The molecule has 2 atom stereocenters. The third-order valence-electron chi connectivity index (χ3n) is 5.50. The SMILES string of the molecule is FC(F)(F)c1ccc2c(N[C@@H]3CCCN4CCCC[C@H]34)ccnc2c1. The maximum Gasteiger partial charge on any atom is 0.416 e. The highest BCUT2D eigenvalue weighted by atomic mass is 19.4. The van der Waals surface area contributed by atoms with Crippen molar-refractivity contribution < 1.29 is 13.2 Å². The number of pyridine rings is 1. The van der Waals surface area contributed by atoms with Gasteiger partial charge in [0.1, 0.15) is 0 Å². The molecular weight excluding hydrogens is 327 g/mol. The van der Waals surface area contributed by atoms with E-state index in [4.69, 9.17) is 0 Å². The summed E-state index contributed by atoms with van der Waals surface area (Å²) in [6, 6.07) is 6.56. The Morgan fingerprint density at radius 2 is 1.88 bits per heavy atom. The first-order chi connectivity index (χ1) is 12.0. The van der Waals surface area contributed by atoms with Gasteiger partial charge < -0.3 is 5.32 Å². The van der Waals surface area contributed by atoms with Crippen molar-refractivity contribution in [2.24, 2.45) is 0 Å². The van der Waals surface area contributed by atoms with Crippen molar-refractivity contribution >= 4 is 16.6 Å². The van der Waals surface area contributed by atoms with Gasteiger partial charge in [0.15, 0.2) is 0 Å². The molecule has 2 aromatic rings. The summed E-state index contributed by atoms with van der Waals surface area (Å²) in [5.41, 5.74) is 0.619. The van der Waals surface area contributed by atoms with E-state index in [1.54, 1.807) is 6.20 Å². The standard InChI is InChI=1S/C19H22F3N3/c20-19(21,22)13-6-7-14-15(8-9-23-17(14)12-13)24-16-4-3-11-25-10-2-1-5-18(16)25/h6-9,12,16,18H,1-5,10-11H2,(H,23,24)/t16-,18-/m1/s1. The Balaban J connectivity index is 1.63. The summed E-state index contributed by atoms with van der Waals surface area (Å²) in [7, 11) is 0. The molecule has 0 unspecified atom stereocenters. The summed E-state index contributed by atoms with van der Waals surface area (Å²) < 4.78 is 38.8. The first kappa shape index (κ1) is 16.6. The number of anilines is 1. The van der Waals surface area contributed by atoms with Gasteiger partial charge in [-0.15, -0.1) is 0 Å². The van der Waals surface area contributed by atoms with E-state index < -0.39 is 11.7 Å². The molecular formula is C19H22F3N3. The monoisotopic (exact) mass is 349 g/mol. The average Bonchev–Trinajstić information content (AvgIpc) is 2.61. The fourth-order valence-electron chi connectivity index (χ4n) is 4.28. The number of hydrogen-bond acceptors (Lipinski definition) is 3. The van der Waals surface area contributed by atoms with Crippen LogP contribution in [0.5, 0.6) is 0 Å². The van der Waals surface area contributed by atoms with Gasteiger partial charge >= 0.3 is 6.18 Å². The lowest BCUT2D eigenvalue weighted by Gasteiger charge is -2.44. The molecule has 0 bridgehead atoms. The molecule has 3 heterocycles. The molecule has 2 saturated heterocycles. The second kappa shape index (κ2) is 6.48. The van der Waals surface area contributed by atoms with E-state index in [1.807, 2.05) is 6.07 Å². The van der Waals surface area contributed by atoms with Crippen LogP contribution in [0.2, 0.25) is 0 Å². The van der Waals surface area contributed by atoms with E-state index in [1.165, 1.54) is 25.3 Å². The van der Waals surface area contributed by atoms with Crippen molar-refractivity contribution in [3.05, 3.63) is 36.0 Å². The van der Waals surface area contributed by atoms with Gasteiger partial charge in [0.05, 0.1) is 11.1 Å². The third kappa shape index (κ3) is 3.32. The van der Waals surface area contributed by atoms with Crippen LogP contribution < -0.4 is 5.32 Å². The van der Waals surface area contributed by atoms with Crippen LogP contribution >= 0.6 is 0 Å². The number of nitrogens with zero attached hydrogens (tertiary/aromatic N) is 2. The van der Waals surface area contributed by atoms with Crippen molar-refractivity contribution in [2.45, 2.75) is 50.4 Å². The summed E-state index contributed by atoms with van der Waals surface area (Å²) in [5.74, 6) is 0. The summed E-state index contributed by atoms with van der Waals surface area (Å²) in [6.07, 6.45) is 3.23. The van der Waals surface area contributed by atoms with E-state index in [-0.39, 0.29) is 0 Å². The zero-order valence-electron chi connectivity index (χ0n) is 14.0. The van der Waals surface area contributed by atoms with Gasteiger partial charge in [-0.05, 0) is 57.0 Å². The number of piperidine rings is 2. The first-order valence-corrected chi connectivity index (χ1v) is 8.99. The van der Waals surface area contributed by atoms with Crippen LogP contribution in [0.15, 0.2) is 30.5 Å². The summed E-state index contributed by atoms with van der Waals surface area (Å²) >= 11 is 0. The maximum absolute atomic E-state index is 12.9. The van der Waals surface area contributed by atoms with Gasteiger partial charge in [-0.1, -0.05) is 12.5 Å². The quantitative estimate of drug-likeness (QED) is 0.853. The number of nitrogens with one attached hydrogen (secondary N) is 1. The van der Waals surface area contributed by atoms with Gasteiger partial charge in [0, 0.05) is 29.4 Å². The Morgan fingerprint density at radius 1 is 1.04 bits per heavy atom. The van der Waals surface area contributed by atoms with Crippen molar-refractivity contribution in [3.63, 3.8) is 0 Å². The summed E-state index contributed by atoms with van der Waals surface area (Å²) in [4.78, 5) is 6.71. The highest BCUT2D eigenvalue weighted by Crippen LogP contribution is 2.34. The molecule has 134 valence electrons. The Morgan fingerprint density at radius 3 is 2.72 bits per heavy atom. The molecule has 4 rings (SSSR count). The van der Waals surface area contributed by atoms with Gasteiger partial charge in [0.2, 0.25) is 0 Å². The predicted octanol–water partition coefficient (Wildman–Crippen LogP) is 4.68. The first-order valence-electron chi connectivity index (χ1n) is 8.99. The van der Waals surface area contributed by atoms with Crippen molar-refractivity contribution in [2.75, 3.05) is 18.4 Å². The van der Waals surface area contributed by atoms with E-state index in [2.05, 4.69) is 15.2 Å². The van der Waals surface area contributed by atoms with Gasteiger partial charge in [-0.25, -0.2) is 0 Å². The molecule has 6 heteroatoms. The molecule has 1 aromatic heterocycles. The number of benzene rings is 1. The number of alkyl halides is 3. The minimum atomic E-state index is -4.34. The second-order valence-corrected chi connectivity index (χ2v) is 7.08. The molecule has 2 aliphatic heterocycles. The molecule has 2 aliphatic rings. The smallest absolute Gasteiger partial charge is 0.380 e. The normalized spacial score (nSPS) is 24.9. The number of fused-ring (bicyclic) bond motifs is 2. The molecule has 0 spiro atoms. The van der Waals surface area contributed by atoms with Gasteiger partial charge in [0.25, 0.3) is 0 Å². The number of halogens is 3. The Kier molecular flexibility index (Phi) is 4.31. The molecule has 1 aromatic carbocycles. The molecule has 2 fully saturated rings. The second-order valence-electron chi connectivity index (χ2n) is 7.08. The third-order valence-corrected chi connectivity index (χ3v) is 5.50. The fourth-order valence-corrected chi connectivity index (χ4v) is 4.28. The van der Waals surface area contributed by atoms with Crippen LogP contribution in [0.25, 0.3) is 10.9 Å². The average molecular weight is 349 g/mol. The molecule has 0 aliphatic carbocycles. The summed E-state index contributed by atoms with van der Waals surface area (Å²) in [5, 5.41) is 4.37. The predicted molar refractivity (Wildman–Crippen MR) is 92.6 cm³/mol. The molecule has 0 saturated carbocycles. The summed E-state index contributed by atoms with van der Waals surface area (Å²) in [6.45, 7) is 2.32. The minimum absolute atomic E-state index is 0.349. The Labute approximate surface area is 145 Å². The van der Waals surface area contributed by atoms with Gasteiger partial charge in [-0.2, -0.15) is 13.2 Å². The topological polar surface area (TPSA) is 28.2 Å². The van der Waals surface area contributed by atoms with E-state index in [0.717, 1.165) is 49.1 Å². The van der Waals surface area contributed by atoms with Crippen LogP contribution in [0, 0.1) is 0 Å². The van der Waals surface area contributed by atoms with Crippen molar-refractivity contribution in [1.29, 1.82) is 0 Å². The molecule has 0 radical (unpaired) electrons. The van der Waals surface area contributed by atoms with Crippen LogP contribution in [0.1, 0.15) is 37.7 Å². The van der Waals surface area contributed by atoms with Gasteiger partial charge in [-0.3, -0.25) is 9.88 Å². The van der Waals surface area contributed by atoms with E-state index >= 15 is 0 Å². The number of hydrogen-bond donors (Lipinski definition) is 1. The van der Waals surface area contributed by atoms with Crippen LogP contribution in [0.4, 0.5) is 18.9 Å². The van der Waals surface area contributed by atoms with E-state index in [0.29, 0.717) is 17.6 Å². The highest BCUT2D eigenvalue weighted by Gasteiger charge is 2.33. The lowest BCUT2D eigenvalue weighted by atomic mass is 9.88. The minimum Gasteiger partial charge on any atom is -0.380 e. The zero-order valence-corrected chi connectivity index (χ0v) is 14.0. The highest BCUT2D eigenvalue weighted by molar-refractivity contribution is 5.91. The Bertz CT molecular complexity index is 757.